The van der Waals surface area contributed by atoms with E-state index in [1.807, 2.05) is 35.4 Å². The Labute approximate surface area is 128 Å². The van der Waals surface area contributed by atoms with E-state index in [1.165, 1.54) is 4.90 Å². The topological polar surface area (TPSA) is 77.8 Å². The molecule has 6 heteroatoms. The molecule has 0 aromatic heterocycles. The summed E-state index contributed by atoms with van der Waals surface area (Å²) in [6.45, 7) is 1.56. The molecule has 1 aliphatic rings. The number of hydrogen-bond donors (Lipinski definition) is 2. The molecule has 2 N–H and O–H groups in total. The molecular formula is C15H19NO4S. The largest absolute Gasteiger partial charge is 0.481 e. The molecule has 114 valence electrons. The molecule has 0 radical (unpaired) electrons. The zero-order valence-corrected chi connectivity index (χ0v) is 12.7. The van der Waals surface area contributed by atoms with Crippen molar-refractivity contribution in [1.82, 2.24) is 4.90 Å². The van der Waals surface area contributed by atoms with Gasteiger partial charge in [0.1, 0.15) is 0 Å². The van der Waals surface area contributed by atoms with Crippen LogP contribution in [0.4, 0.5) is 0 Å². The van der Waals surface area contributed by atoms with Crippen LogP contribution in [0.1, 0.15) is 12.0 Å². The Hall–Kier alpha value is -1.53. The van der Waals surface area contributed by atoms with E-state index in [1.54, 1.807) is 11.8 Å². The van der Waals surface area contributed by atoms with E-state index < -0.39 is 23.8 Å². The standard InChI is InChI=1S/C15H19NO4S/c1-21-11-4-2-10(3-5-11)8-16-7-6-12(14(17)18)13(9-16)15(19)20/h2-5,12-13H,6-9H2,1H3,(H,17,18)(H,19,20). The Balaban J connectivity index is 2.01. The van der Waals surface area contributed by atoms with Gasteiger partial charge in [-0.1, -0.05) is 12.1 Å². The summed E-state index contributed by atoms with van der Waals surface area (Å²) >= 11 is 1.67. The predicted molar refractivity (Wildman–Crippen MR) is 80.4 cm³/mol. The lowest BCUT2D eigenvalue weighted by Gasteiger charge is -2.34. The van der Waals surface area contributed by atoms with Gasteiger partial charge in [0.15, 0.2) is 0 Å². The molecule has 2 rings (SSSR count). The highest BCUT2D eigenvalue weighted by atomic mass is 32.2. The molecule has 0 saturated carbocycles. The number of nitrogens with zero attached hydrogens (tertiary/aromatic N) is 1. The smallest absolute Gasteiger partial charge is 0.308 e. The van der Waals surface area contributed by atoms with Crippen molar-refractivity contribution in [3.05, 3.63) is 29.8 Å². The number of piperidine rings is 1. The van der Waals surface area contributed by atoms with Gasteiger partial charge in [-0.25, -0.2) is 0 Å². The first-order chi connectivity index (χ1) is 10.0. The minimum Gasteiger partial charge on any atom is -0.481 e. The molecule has 1 aromatic rings. The minimum atomic E-state index is -1.02. The summed E-state index contributed by atoms with van der Waals surface area (Å²) in [6.07, 6.45) is 2.40. The van der Waals surface area contributed by atoms with Gasteiger partial charge < -0.3 is 10.2 Å². The van der Waals surface area contributed by atoms with Crippen molar-refractivity contribution in [2.24, 2.45) is 11.8 Å². The first-order valence-electron chi connectivity index (χ1n) is 6.82. The second kappa shape index (κ2) is 6.95. The van der Waals surface area contributed by atoms with Crippen LogP contribution in [0.2, 0.25) is 0 Å². The van der Waals surface area contributed by atoms with Crippen LogP contribution in [0.5, 0.6) is 0 Å². The van der Waals surface area contributed by atoms with Crippen molar-refractivity contribution in [1.29, 1.82) is 0 Å². The molecule has 1 heterocycles. The molecule has 1 fully saturated rings. The van der Waals surface area contributed by atoms with Crippen LogP contribution in [-0.4, -0.2) is 46.4 Å². The van der Waals surface area contributed by atoms with Crippen molar-refractivity contribution in [2.75, 3.05) is 19.3 Å². The van der Waals surface area contributed by atoms with Gasteiger partial charge in [0.25, 0.3) is 0 Å². The Morgan fingerprint density at radius 3 is 2.33 bits per heavy atom. The average Bonchev–Trinajstić information content (AvgIpc) is 2.47. The monoisotopic (exact) mass is 309 g/mol. The molecule has 0 bridgehead atoms. The molecule has 0 amide bonds. The first kappa shape index (κ1) is 15.9. The number of carbonyl (C=O) groups is 2. The Morgan fingerprint density at radius 1 is 1.19 bits per heavy atom. The quantitative estimate of drug-likeness (QED) is 0.810. The van der Waals surface area contributed by atoms with E-state index in [9.17, 15) is 14.7 Å². The van der Waals surface area contributed by atoms with Gasteiger partial charge in [-0.2, -0.15) is 0 Å². The number of likely N-dealkylation sites (tertiary alicyclic amines) is 1. The van der Waals surface area contributed by atoms with Crippen LogP contribution in [0.3, 0.4) is 0 Å². The van der Waals surface area contributed by atoms with Crippen LogP contribution < -0.4 is 0 Å². The molecule has 0 aliphatic carbocycles. The summed E-state index contributed by atoms with van der Waals surface area (Å²) in [4.78, 5) is 25.6. The second-order valence-corrected chi connectivity index (χ2v) is 6.14. The molecule has 2 unspecified atom stereocenters. The molecule has 1 aliphatic heterocycles. The predicted octanol–water partition coefficient (Wildman–Crippen LogP) is 2.02. The second-order valence-electron chi connectivity index (χ2n) is 5.26. The van der Waals surface area contributed by atoms with Gasteiger partial charge >= 0.3 is 11.9 Å². The Kier molecular flexibility index (Phi) is 5.25. The fourth-order valence-corrected chi connectivity index (χ4v) is 3.11. The van der Waals surface area contributed by atoms with E-state index >= 15 is 0 Å². The summed E-state index contributed by atoms with van der Waals surface area (Å²) in [5.74, 6) is -3.64. The molecule has 21 heavy (non-hydrogen) atoms. The molecule has 5 nitrogen and oxygen atoms in total. The molecule has 0 spiro atoms. The van der Waals surface area contributed by atoms with Crippen molar-refractivity contribution in [3.63, 3.8) is 0 Å². The summed E-state index contributed by atoms with van der Waals surface area (Å²) < 4.78 is 0. The van der Waals surface area contributed by atoms with Crippen LogP contribution in [0.25, 0.3) is 0 Å². The number of rotatable bonds is 5. The third-order valence-corrected chi connectivity index (χ3v) is 4.64. The molecule has 1 aromatic carbocycles. The van der Waals surface area contributed by atoms with Gasteiger partial charge in [-0.05, 0) is 36.9 Å². The zero-order chi connectivity index (χ0) is 15.4. The number of carboxylic acid groups (broad SMARTS) is 2. The van der Waals surface area contributed by atoms with Crippen molar-refractivity contribution >= 4 is 23.7 Å². The molecule has 1 saturated heterocycles. The Bertz CT molecular complexity index is 517. The maximum Gasteiger partial charge on any atom is 0.308 e. The number of benzene rings is 1. The zero-order valence-electron chi connectivity index (χ0n) is 11.9. The average molecular weight is 309 g/mol. The lowest BCUT2D eigenvalue weighted by Crippen LogP contribution is -2.46. The summed E-state index contributed by atoms with van der Waals surface area (Å²) in [5, 5.41) is 18.3. The van der Waals surface area contributed by atoms with Crippen LogP contribution in [0, 0.1) is 11.8 Å². The van der Waals surface area contributed by atoms with Crippen molar-refractivity contribution in [2.45, 2.75) is 17.9 Å². The molecule has 2 atom stereocenters. The number of carboxylic acids is 2. The number of thioether (sulfide) groups is 1. The summed E-state index contributed by atoms with van der Waals surface area (Å²) in [6, 6.07) is 8.15. The van der Waals surface area contributed by atoms with E-state index in [0.29, 0.717) is 19.5 Å². The number of hydrogen-bond acceptors (Lipinski definition) is 4. The van der Waals surface area contributed by atoms with Gasteiger partial charge in [0.05, 0.1) is 11.8 Å². The highest BCUT2D eigenvalue weighted by Gasteiger charge is 2.38. The highest BCUT2D eigenvalue weighted by Crippen LogP contribution is 2.26. The van der Waals surface area contributed by atoms with E-state index in [4.69, 9.17) is 5.11 Å². The number of aliphatic carboxylic acids is 2. The van der Waals surface area contributed by atoms with Crippen LogP contribution in [-0.2, 0) is 16.1 Å². The van der Waals surface area contributed by atoms with E-state index in [0.717, 1.165) is 5.56 Å². The minimum absolute atomic E-state index is 0.288. The van der Waals surface area contributed by atoms with E-state index in [2.05, 4.69) is 0 Å². The van der Waals surface area contributed by atoms with Gasteiger partial charge in [0.2, 0.25) is 0 Å². The Morgan fingerprint density at radius 2 is 1.81 bits per heavy atom. The SMILES string of the molecule is CSc1ccc(CN2CCC(C(=O)O)C(C(=O)O)C2)cc1. The maximum atomic E-state index is 11.3. The third kappa shape index (κ3) is 3.98. The van der Waals surface area contributed by atoms with Gasteiger partial charge in [0, 0.05) is 18.0 Å². The fraction of sp³-hybridized carbons (Fsp3) is 0.467. The fourth-order valence-electron chi connectivity index (χ4n) is 2.70. The van der Waals surface area contributed by atoms with Gasteiger partial charge in [-0.3, -0.25) is 14.5 Å². The summed E-state index contributed by atoms with van der Waals surface area (Å²) in [7, 11) is 0. The van der Waals surface area contributed by atoms with Crippen molar-refractivity contribution < 1.29 is 19.8 Å². The van der Waals surface area contributed by atoms with Crippen LogP contribution >= 0.6 is 11.8 Å². The van der Waals surface area contributed by atoms with E-state index in [-0.39, 0.29) is 6.54 Å². The summed E-state index contributed by atoms with van der Waals surface area (Å²) in [5.41, 5.74) is 1.12. The maximum absolute atomic E-state index is 11.3. The van der Waals surface area contributed by atoms with Crippen LogP contribution in [0.15, 0.2) is 29.2 Å². The van der Waals surface area contributed by atoms with Gasteiger partial charge in [-0.15, -0.1) is 11.8 Å². The normalized spacial score (nSPS) is 22.9. The third-order valence-electron chi connectivity index (χ3n) is 3.90. The lowest BCUT2D eigenvalue weighted by atomic mass is 9.85. The highest BCUT2D eigenvalue weighted by molar-refractivity contribution is 7.98. The molecular weight excluding hydrogens is 290 g/mol. The lowest BCUT2D eigenvalue weighted by molar-refractivity contribution is -0.157. The van der Waals surface area contributed by atoms with Crippen molar-refractivity contribution in [3.8, 4) is 0 Å². The first-order valence-corrected chi connectivity index (χ1v) is 8.04.